The van der Waals surface area contributed by atoms with Crippen LogP contribution in [0.3, 0.4) is 0 Å². The summed E-state index contributed by atoms with van der Waals surface area (Å²) in [6, 6.07) is 7.88. The topological polar surface area (TPSA) is 26.0 Å². The van der Waals surface area contributed by atoms with Crippen LogP contribution in [0.5, 0.6) is 0 Å². The molecule has 1 aromatic heterocycles. The molecular formula is C9H9B2NOS. The minimum atomic E-state index is 0.865. The fourth-order valence-corrected chi connectivity index (χ4v) is 1.57. The lowest BCUT2D eigenvalue weighted by Crippen LogP contribution is -2.22. The zero-order valence-corrected chi connectivity index (χ0v) is 9.01. The molecule has 5 heteroatoms. The summed E-state index contributed by atoms with van der Waals surface area (Å²) < 4.78 is 5.11. The maximum atomic E-state index is 5.11. The second kappa shape index (κ2) is 3.58. The van der Waals surface area contributed by atoms with Gasteiger partial charge in [0, 0.05) is 10.5 Å². The van der Waals surface area contributed by atoms with Crippen molar-refractivity contribution >= 4 is 39.4 Å². The van der Waals surface area contributed by atoms with Gasteiger partial charge < -0.3 is 4.52 Å². The number of hydrogen-bond donors (Lipinski definition) is 1. The highest BCUT2D eigenvalue weighted by Crippen LogP contribution is 2.17. The van der Waals surface area contributed by atoms with Crippen LogP contribution < -0.4 is 11.1 Å². The molecule has 1 heterocycles. The van der Waals surface area contributed by atoms with E-state index in [1.807, 2.05) is 40.0 Å². The van der Waals surface area contributed by atoms with Gasteiger partial charge in [0.25, 0.3) is 0 Å². The second-order valence-electron chi connectivity index (χ2n) is 3.26. The zero-order valence-electron chi connectivity index (χ0n) is 8.11. The van der Waals surface area contributed by atoms with Crippen LogP contribution in [0.15, 0.2) is 33.7 Å². The third kappa shape index (κ3) is 1.60. The first kappa shape index (κ1) is 9.46. The maximum absolute atomic E-state index is 5.11. The van der Waals surface area contributed by atoms with Gasteiger partial charge in [0.05, 0.1) is 5.66 Å². The van der Waals surface area contributed by atoms with Crippen molar-refractivity contribution in [3.8, 4) is 11.3 Å². The lowest BCUT2D eigenvalue weighted by molar-refractivity contribution is 0.449. The van der Waals surface area contributed by atoms with Crippen molar-refractivity contribution in [1.29, 1.82) is 0 Å². The van der Waals surface area contributed by atoms with Gasteiger partial charge in [-0.3, -0.25) is 0 Å². The van der Waals surface area contributed by atoms with E-state index < -0.39 is 0 Å². The van der Waals surface area contributed by atoms with E-state index in [1.165, 1.54) is 0 Å². The minimum Gasteiger partial charge on any atom is -0.373 e. The predicted molar refractivity (Wildman–Crippen MR) is 65.5 cm³/mol. The summed E-state index contributed by atoms with van der Waals surface area (Å²) in [5.74, 6) is 0. The Labute approximate surface area is 89.9 Å². The molecule has 0 aliphatic heterocycles. The van der Waals surface area contributed by atoms with E-state index in [0.29, 0.717) is 0 Å². The molecule has 0 saturated carbocycles. The molecule has 0 amide bonds. The first-order valence-electron chi connectivity index (χ1n) is 4.41. The van der Waals surface area contributed by atoms with Gasteiger partial charge >= 0.3 is 0 Å². The number of aromatic nitrogens is 1. The Morgan fingerprint density at radius 2 is 2.07 bits per heavy atom. The Bertz CT molecular complexity index is 470. The van der Waals surface area contributed by atoms with E-state index >= 15 is 0 Å². The molecule has 0 aliphatic rings. The van der Waals surface area contributed by atoms with Crippen LogP contribution in [0.4, 0.5) is 0 Å². The fraction of sp³-hybridized carbons (Fsp3) is 0. The lowest BCUT2D eigenvalue weighted by atomic mass is 9.84. The van der Waals surface area contributed by atoms with Crippen molar-refractivity contribution in [2.45, 2.75) is 4.90 Å². The van der Waals surface area contributed by atoms with Crippen molar-refractivity contribution in [2.75, 3.05) is 0 Å². The molecule has 68 valence electrons. The first-order valence-corrected chi connectivity index (χ1v) is 4.85. The van der Waals surface area contributed by atoms with E-state index in [1.54, 1.807) is 0 Å². The van der Waals surface area contributed by atoms with Gasteiger partial charge in [-0.2, -0.15) is 0 Å². The molecule has 2 rings (SSSR count). The Kier molecular flexibility index (Phi) is 2.42. The molecule has 0 radical (unpaired) electrons. The highest BCUT2D eigenvalue weighted by Gasteiger charge is 2.09. The molecule has 0 bridgehead atoms. The third-order valence-electron chi connectivity index (χ3n) is 2.28. The normalized spacial score (nSPS) is 10.4. The summed E-state index contributed by atoms with van der Waals surface area (Å²) in [5.41, 5.74) is 3.90. The first-order chi connectivity index (χ1) is 6.68. The Morgan fingerprint density at radius 3 is 2.64 bits per heavy atom. The Hall–Kier alpha value is -1.09. The van der Waals surface area contributed by atoms with Crippen molar-refractivity contribution in [1.82, 2.24) is 5.16 Å². The SMILES string of the molecule is Bc1onc(-c2cccc(S)c2)c1B. The van der Waals surface area contributed by atoms with Crippen molar-refractivity contribution in [3.05, 3.63) is 24.3 Å². The Morgan fingerprint density at radius 1 is 1.29 bits per heavy atom. The fourth-order valence-electron chi connectivity index (χ4n) is 1.34. The van der Waals surface area contributed by atoms with Crippen LogP contribution in [-0.4, -0.2) is 20.8 Å². The molecule has 0 aliphatic carbocycles. The molecule has 0 fully saturated rings. The number of hydrogen-bond acceptors (Lipinski definition) is 3. The van der Waals surface area contributed by atoms with Gasteiger partial charge in [0.15, 0.2) is 7.85 Å². The lowest BCUT2D eigenvalue weighted by Gasteiger charge is -1.98. The predicted octanol–water partition coefficient (Wildman–Crippen LogP) is -0.853. The summed E-state index contributed by atoms with van der Waals surface area (Å²) in [4.78, 5) is 0.933. The van der Waals surface area contributed by atoms with Gasteiger partial charge in [-0.15, -0.1) is 12.6 Å². The molecule has 0 spiro atoms. The van der Waals surface area contributed by atoms with Gasteiger partial charge in [-0.1, -0.05) is 17.3 Å². The summed E-state index contributed by atoms with van der Waals surface area (Å²) in [5, 5.41) is 4.02. The quantitative estimate of drug-likeness (QED) is 0.480. The van der Waals surface area contributed by atoms with E-state index in [2.05, 4.69) is 17.8 Å². The van der Waals surface area contributed by atoms with E-state index in [-0.39, 0.29) is 0 Å². The number of benzene rings is 1. The van der Waals surface area contributed by atoms with Gasteiger partial charge in [0.2, 0.25) is 0 Å². The maximum Gasteiger partial charge on any atom is 0.189 e. The van der Waals surface area contributed by atoms with Crippen LogP contribution in [0.2, 0.25) is 0 Å². The molecule has 0 N–H and O–H groups in total. The molecule has 0 saturated heterocycles. The number of thiol groups is 1. The Balaban J connectivity index is 2.55. The van der Waals surface area contributed by atoms with Crippen LogP contribution in [0, 0.1) is 0 Å². The number of rotatable bonds is 1. The molecule has 14 heavy (non-hydrogen) atoms. The van der Waals surface area contributed by atoms with Gasteiger partial charge in [0.1, 0.15) is 13.5 Å². The minimum absolute atomic E-state index is 0.865. The summed E-state index contributed by atoms with van der Waals surface area (Å²) in [7, 11) is 3.92. The standard InChI is InChI=1S/C9H9B2NOS/c10-7-8(12-13-9(7)11)5-2-1-3-6(14)4-5/h1-4,14H,10-11H2. The van der Waals surface area contributed by atoms with Gasteiger partial charge in [-0.25, -0.2) is 0 Å². The number of nitrogens with zero attached hydrogens (tertiary/aromatic N) is 1. The summed E-state index contributed by atoms with van der Waals surface area (Å²) >= 11 is 4.29. The molecule has 1 aromatic carbocycles. The van der Waals surface area contributed by atoms with Crippen molar-refractivity contribution in [3.63, 3.8) is 0 Å². The monoisotopic (exact) mass is 201 g/mol. The van der Waals surface area contributed by atoms with Crippen LogP contribution in [0.25, 0.3) is 11.3 Å². The summed E-state index contributed by atoms with van der Waals surface area (Å²) in [6.45, 7) is 0. The van der Waals surface area contributed by atoms with E-state index in [0.717, 1.165) is 27.3 Å². The van der Waals surface area contributed by atoms with Crippen molar-refractivity contribution in [2.24, 2.45) is 0 Å². The molecule has 2 aromatic rings. The molecule has 2 nitrogen and oxygen atoms in total. The molecule has 0 atom stereocenters. The van der Waals surface area contributed by atoms with Crippen molar-refractivity contribution < 1.29 is 4.52 Å². The summed E-state index contributed by atoms with van der Waals surface area (Å²) in [6.07, 6.45) is 0. The average molecular weight is 201 g/mol. The van der Waals surface area contributed by atoms with Crippen LogP contribution >= 0.6 is 12.6 Å². The molecule has 0 unspecified atom stereocenters. The van der Waals surface area contributed by atoms with E-state index in [4.69, 9.17) is 4.52 Å². The average Bonchev–Trinajstić information content (AvgIpc) is 2.48. The third-order valence-corrected chi connectivity index (χ3v) is 2.55. The second-order valence-corrected chi connectivity index (χ2v) is 3.78. The van der Waals surface area contributed by atoms with Gasteiger partial charge in [-0.05, 0) is 17.6 Å². The molecular weight excluding hydrogens is 192 g/mol. The zero-order chi connectivity index (χ0) is 10.1. The largest absolute Gasteiger partial charge is 0.373 e. The highest BCUT2D eigenvalue weighted by atomic mass is 32.1. The smallest absolute Gasteiger partial charge is 0.189 e. The van der Waals surface area contributed by atoms with E-state index in [9.17, 15) is 0 Å². The van der Waals surface area contributed by atoms with Crippen LogP contribution in [-0.2, 0) is 0 Å². The van der Waals surface area contributed by atoms with Crippen LogP contribution in [0.1, 0.15) is 0 Å². The highest BCUT2D eigenvalue weighted by molar-refractivity contribution is 7.80.